The molecule has 3 nitrogen and oxygen atoms in total. The van der Waals surface area contributed by atoms with Crippen LogP contribution in [0.15, 0.2) is 65.8 Å². The number of hydrogen-bond donors (Lipinski definition) is 0. The molecule has 0 N–H and O–H groups in total. The molecule has 5 rings (SSSR count). The second-order valence-electron chi connectivity index (χ2n) is 7.34. The topological polar surface area (TPSA) is 24.8 Å². The molecule has 0 spiro atoms. The predicted octanol–water partition coefficient (Wildman–Crippen LogP) is 7.20. The summed E-state index contributed by atoms with van der Waals surface area (Å²) in [5.41, 5.74) is 5.20. The van der Waals surface area contributed by atoms with Crippen molar-refractivity contribution < 1.29 is 4.74 Å². The summed E-state index contributed by atoms with van der Waals surface area (Å²) in [6.07, 6.45) is 0.369. The van der Waals surface area contributed by atoms with Gasteiger partial charge in [0.05, 0.1) is 16.8 Å². The highest BCUT2D eigenvalue weighted by Crippen LogP contribution is 2.50. The van der Waals surface area contributed by atoms with Crippen LogP contribution in [-0.4, -0.2) is 10.7 Å². The third kappa shape index (κ3) is 3.38. The lowest BCUT2D eigenvalue weighted by Crippen LogP contribution is -2.33. The summed E-state index contributed by atoms with van der Waals surface area (Å²) >= 11 is 18.9. The summed E-state index contributed by atoms with van der Waals surface area (Å²) in [6.45, 7) is 2.06. The van der Waals surface area contributed by atoms with Crippen LogP contribution in [0.5, 0.6) is 5.75 Å². The maximum Gasteiger partial charge on any atom is 0.213 e. The van der Waals surface area contributed by atoms with Crippen molar-refractivity contribution in [2.24, 2.45) is 5.10 Å². The molecule has 2 atom stereocenters. The van der Waals surface area contributed by atoms with Crippen LogP contribution >= 0.6 is 34.8 Å². The number of hydrogen-bond acceptors (Lipinski definition) is 3. The second kappa shape index (κ2) is 7.24. The Kier molecular flexibility index (Phi) is 4.70. The molecule has 0 unspecified atom stereocenters. The average molecular weight is 444 g/mol. The Hall–Kier alpha value is -2.20. The van der Waals surface area contributed by atoms with Crippen LogP contribution in [-0.2, 0) is 0 Å². The van der Waals surface area contributed by atoms with Crippen LogP contribution in [0.1, 0.15) is 40.9 Å². The van der Waals surface area contributed by atoms with Crippen LogP contribution in [0.25, 0.3) is 0 Å². The molecule has 0 amide bonds. The zero-order valence-corrected chi connectivity index (χ0v) is 17.8. The Balaban J connectivity index is 1.62. The number of fused-ring (bicyclic) bond motifs is 3. The van der Waals surface area contributed by atoms with Gasteiger partial charge in [0.2, 0.25) is 6.23 Å². The average Bonchev–Trinajstić information content (AvgIpc) is 3.14. The van der Waals surface area contributed by atoms with E-state index < -0.39 is 0 Å². The Bertz CT molecular complexity index is 1110. The zero-order valence-electron chi connectivity index (χ0n) is 15.6. The van der Waals surface area contributed by atoms with E-state index in [1.807, 2.05) is 35.3 Å². The molecule has 3 aromatic rings. The standard InChI is InChI=1S/C23H17Cl3N2O/c1-13-2-4-15(5-3-13)23-28-21(18-10-17(25)11-19(26)22(18)29-23)12-20(27-28)14-6-8-16(24)9-7-14/h2-11,21,23H,12H2,1H3/t21-,23+/m1/s1. The number of halogens is 3. The molecular weight excluding hydrogens is 427 g/mol. The molecule has 0 fully saturated rings. The predicted molar refractivity (Wildman–Crippen MR) is 118 cm³/mol. The fraction of sp³-hybridized carbons (Fsp3) is 0.174. The first kappa shape index (κ1) is 18.8. The van der Waals surface area contributed by atoms with Crippen LogP contribution in [0, 0.1) is 6.92 Å². The van der Waals surface area contributed by atoms with Crippen LogP contribution in [0.4, 0.5) is 0 Å². The highest BCUT2D eigenvalue weighted by atomic mass is 35.5. The Labute approximate surface area is 184 Å². The van der Waals surface area contributed by atoms with Gasteiger partial charge in [-0.2, -0.15) is 5.10 Å². The number of nitrogens with zero attached hydrogens (tertiary/aromatic N) is 2. The lowest BCUT2D eigenvalue weighted by Gasteiger charge is -2.38. The maximum absolute atomic E-state index is 6.51. The number of rotatable bonds is 2. The largest absolute Gasteiger partial charge is 0.463 e. The minimum atomic E-state index is -0.364. The smallest absolute Gasteiger partial charge is 0.213 e. The van der Waals surface area contributed by atoms with Crippen molar-refractivity contribution in [2.45, 2.75) is 25.6 Å². The minimum absolute atomic E-state index is 0.00747. The summed E-state index contributed by atoms with van der Waals surface area (Å²) in [5, 5.41) is 8.77. The number of ether oxygens (including phenoxy) is 1. The van der Waals surface area contributed by atoms with E-state index in [9.17, 15) is 0 Å². The van der Waals surface area contributed by atoms with Gasteiger partial charge in [0.15, 0.2) is 0 Å². The van der Waals surface area contributed by atoms with E-state index in [2.05, 4.69) is 31.2 Å². The summed E-state index contributed by atoms with van der Waals surface area (Å²) in [7, 11) is 0. The summed E-state index contributed by atoms with van der Waals surface area (Å²) in [5.74, 6) is 0.676. The lowest BCUT2D eigenvalue weighted by molar-refractivity contribution is -0.0189. The van der Waals surface area contributed by atoms with Gasteiger partial charge in [-0.15, -0.1) is 0 Å². The molecule has 2 aliphatic rings. The molecule has 0 aromatic heterocycles. The van der Waals surface area contributed by atoms with E-state index >= 15 is 0 Å². The van der Waals surface area contributed by atoms with Crippen LogP contribution < -0.4 is 4.74 Å². The molecular formula is C23H17Cl3N2O. The maximum atomic E-state index is 6.51. The molecule has 146 valence electrons. The minimum Gasteiger partial charge on any atom is -0.463 e. The molecule has 0 saturated heterocycles. The van der Waals surface area contributed by atoms with E-state index in [1.54, 1.807) is 6.07 Å². The molecule has 0 saturated carbocycles. The highest BCUT2D eigenvalue weighted by molar-refractivity contribution is 6.35. The van der Waals surface area contributed by atoms with Crippen molar-refractivity contribution in [3.05, 3.63) is 98.0 Å². The monoisotopic (exact) mass is 442 g/mol. The Morgan fingerprint density at radius 3 is 2.38 bits per heavy atom. The van der Waals surface area contributed by atoms with Crippen molar-refractivity contribution in [3.8, 4) is 5.75 Å². The van der Waals surface area contributed by atoms with Crippen LogP contribution in [0.3, 0.4) is 0 Å². The van der Waals surface area contributed by atoms with Crippen molar-refractivity contribution in [1.29, 1.82) is 0 Å². The summed E-state index contributed by atoms with van der Waals surface area (Å²) < 4.78 is 6.37. The Morgan fingerprint density at radius 1 is 0.931 bits per heavy atom. The van der Waals surface area contributed by atoms with E-state index in [4.69, 9.17) is 44.6 Å². The molecule has 0 radical (unpaired) electrons. The van der Waals surface area contributed by atoms with Gasteiger partial charge in [-0.05, 0) is 36.8 Å². The number of aryl methyl sites for hydroxylation is 1. The molecule has 2 heterocycles. The molecule has 29 heavy (non-hydrogen) atoms. The van der Waals surface area contributed by atoms with E-state index in [1.165, 1.54) is 5.56 Å². The first-order valence-corrected chi connectivity index (χ1v) is 10.5. The molecule has 0 aliphatic carbocycles. The van der Waals surface area contributed by atoms with Gasteiger partial charge in [0.1, 0.15) is 5.75 Å². The van der Waals surface area contributed by atoms with Crippen LogP contribution in [0.2, 0.25) is 15.1 Å². The Morgan fingerprint density at radius 2 is 1.66 bits per heavy atom. The van der Waals surface area contributed by atoms with Crippen molar-refractivity contribution >= 4 is 40.5 Å². The van der Waals surface area contributed by atoms with Gasteiger partial charge >= 0.3 is 0 Å². The van der Waals surface area contributed by atoms with E-state index in [0.29, 0.717) is 20.8 Å². The van der Waals surface area contributed by atoms with Gasteiger partial charge in [-0.1, -0.05) is 76.8 Å². The van der Waals surface area contributed by atoms with Crippen molar-refractivity contribution in [2.75, 3.05) is 0 Å². The van der Waals surface area contributed by atoms with Gasteiger partial charge in [-0.25, -0.2) is 5.01 Å². The molecule has 3 aromatic carbocycles. The van der Waals surface area contributed by atoms with Crippen molar-refractivity contribution in [1.82, 2.24) is 5.01 Å². The summed E-state index contributed by atoms with van der Waals surface area (Å²) in [4.78, 5) is 0. The van der Waals surface area contributed by atoms with E-state index in [0.717, 1.165) is 28.8 Å². The number of hydrazone groups is 1. The molecule has 6 heteroatoms. The fourth-order valence-electron chi connectivity index (χ4n) is 3.88. The molecule has 2 aliphatic heterocycles. The second-order valence-corrected chi connectivity index (χ2v) is 8.62. The SMILES string of the molecule is Cc1ccc([C@@H]2Oc3c(Cl)cc(Cl)cc3[C@H]3CC(c4ccc(Cl)cc4)=NN32)cc1. The lowest BCUT2D eigenvalue weighted by atomic mass is 9.95. The van der Waals surface area contributed by atoms with Gasteiger partial charge in [-0.3, -0.25) is 0 Å². The van der Waals surface area contributed by atoms with E-state index in [-0.39, 0.29) is 12.3 Å². The fourth-order valence-corrected chi connectivity index (χ4v) is 4.56. The zero-order chi connectivity index (χ0) is 20.1. The third-order valence-electron chi connectivity index (χ3n) is 5.35. The third-order valence-corrected chi connectivity index (χ3v) is 6.10. The van der Waals surface area contributed by atoms with Gasteiger partial charge in [0.25, 0.3) is 0 Å². The van der Waals surface area contributed by atoms with Crippen molar-refractivity contribution in [3.63, 3.8) is 0 Å². The van der Waals surface area contributed by atoms with Gasteiger partial charge in [0, 0.05) is 27.6 Å². The summed E-state index contributed by atoms with van der Waals surface area (Å²) in [6, 6.07) is 19.7. The first-order chi connectivity index (χ1) is 14.0. The highest BCUT2D eigenvalue weighted by Gasteiger charge is 2.42. The number of benzene rings is 3. The van der Waals surface area contributed by atoms with Gasteiger partial charge < -0.3 is 4.74 Å². The normalized spacial score (nSPS) is 20.0. The molecule has 0 bridgehead atoms. The quantitative estimate of drug-likeness (QED) is 0.418. The first-order valence-electron chi connectivity index (χ1n) is 9.33.